The van der Waals surface area contributed by atoms with Crippen molar-refractivity contribution in [3.05, 3.63) is 11.4 Å². The zero-order valence-corrected chi connectivity index (χ0v) is 12.6. The van der Waals surface area contributed by atoms with Gasteiger partial charge in [0.05, 0.1) is 6.10 Å². The quantitative estimate of drug-likeness (QED) is 0.630. The number of hydrogen-bond donors (Lipinski definition) is 2. The van der Waals surface area contributed by atoms with Gasteiger partial charge in [-0.15, -0.1) is 0 Å². The normalized spacial score (nSPS) is 16.5. The first-order valence-corrected chi connectivity index (χ1v) is 7.40. The van der Waals surface area contributed by atoms with Gasteiger partial charge >= 0.3 is 0 Å². The number of anilines is 2. The number of aryl methyl sites for hydroxylation is 1. The lowest BCUT2D eigenvalue weighted by atomic mass is 10.1. The van der Waals surface area contributed by atoms with Crippen LogP contribution < -0.4 is 16.2 Å². The SMILES string of the molecule is CCOC1CCN(c2nc(CC)nc(NN)c2C)CC1. The number of nitrogens with two attached hydrogens (primary N) is 1. The molecule has 0 saturated carbocycles. The van der Waals surface area contributed by atoms with Gasteiger partial charge in [0.25, 0.3) is 0 Å². The molecule has 6 nitrogen and oxygen atoms in total. The summed E-state index contributed by atoms with van der Waals surface area (Å²) >= 11 is 0. The van der Waals surface area contributed by atoms with Crippen molar-refractivity contribution in [1.29, 1.82) is 0 Å². The summed E-state index contributed by atoms with van der Waals surface area (Å²) in [7, 11) is 0. The molecule has 1 aliphatic heterocycles. The molecular formula is C14H25N5O. The van der Waals surface area contributed by atoms with Crippen LogP contribution in [0.2, 0.25) is 0 Å². The maximum absolute atomic E-state index is 5.70. The van der Waals surface area contributed by atoms with Crippen molar-refractivity contribution < 1.29 is 4.74 Å². The van der Waals surface area contributed by atoms with E-state index in [4.69, 9.17) is 10.6 Å². The van der Waals surface area contributed by atoms with Gasteiger partial charge in [0.2, 0.25) is 0 Å². The average Bonchev–Trinajstić information content (AvgIpc) is 2.49. The van der Waals surface area contributed by atoms with E-state index in [9.17, 15) is 0 Å². The van der Waals surface area contributed by atoms with E-state index in [0.717, 1.165) is 62.0 Å². The Balaban J connectivity index is 2.16. The smallest absolute Gasteiger partial charge is 0.148 e. The Kier molecular flexibility index (Phi) is 5.14. The highest BCUT2D eigenvalue weighted by molar-refractivity contribution is 5.58. The average molecular weight is 279 g/mol. The first-order chi connectivity index (χ1) is 9.69. The Morgan fingerprint density at radius 1 is 1.30 bits per heavy atom. The minimum absolute atomic E-state index is 0.385. The Morgan fingerprint density at radius 2 is 2.00 bits per heavy atom. The van der Waals surface area contributed by atoms with Crippen LogP contribution in [-0.4, -0.2) is 35.8 Å². The molecular weight excluding hydrogens is 254 g/mol. The van der Waals surface area contributed by atoms with Crippen molar-refractivity contribution in [3.8, 4) is 0 Å². The van der Waals surface area contributed by atoms with Crippen LogP contribution in [0, 0.1) is 6.92 Å². The fraction of sp³-hybridized carbons (Fsp3) is 0.714. The van der Waals surface area contributed by atoms with Gasteiger partial charge in [0.1, 0.15) is 17.5 Å². The maximum atomic E-state index is 5.70. The second kappa shape index (κ2) is 6.85. The molecule has 0 atom stereocenters. The zero-order valence-electron chi connectivity index (χ0n) is 12.6. The van der Waals surface area contributed by atoms with E-state index in [1.165, 1.54) is 0 Å². The van der Waals surface area contributed by atoms with E-state index in [-0.39, 0.29) is 0 Å². The molecule has 0 radical (unpaired) electrons. The van der Waals surface area contributed by atoms with Crippen LogP contribution >= 0.6 is 0 Å². The predicted octanol–water partition coefficient (Wildman–Crippen LogP) is 1.64. The number of nitrogens with one attached hydrogen (secondary N) is 1. The molecule has 0 aromatic carbocycles. The highest BCUT2D eigenvalue weighted by atomic mass is 16.5. The summed E-state index contributed by atoms with van der Waals surface area (Å²) in [4.78, 5) is 11.4. The molecule has 20 heavy (non-hydrogen) atoms. The van der Waals surface area contributed by atoms with Crippen molar-refractivity contribution >= 4 is 11.6 Å². The molecule has 0 bridgehead atoms. The first kappa shape index (κ1) is 15.0. The minimum Gasteiger partial charge on any atom is -0.378 e. The number of nitrogen functional groups attached to an aromatic ring is 1. The fourth-order valence-corrected chi connectivity index (χ4v) is 2.63. The number of rotatable bonds is 5. The first-order valence-electron chi connectivity index (χ1n) is 7.40. The standard InChI is InChI=1S/C14H25N5O/c1-4-12-16-13(18-15)10(3)14(17-12)19-8-6-11(7-9-19)20-5-2/h11H,4-9,15H2,1-3H3,(H,16,17,18). The Labute approximate surface area is 120 Å². The maximum Gasteiger partial charge on any atom is 0.148 e. The van der Waals surface area contributed by atoms with Gasteiger partial charge in [-0.1, -0.05) is 6.92 Å². The van der Waals surface area contributed by atoms with Crippen LogP contribution in [0.4, 0.5) is 11.6 Å². The van der Waals surface area contributed by atoms with Crippen LogP contribution in [-0.2, 0) is 11.2 Å². The van der Waals surface area contributed by atoms with E-state index in [2.05, 4.69) is 27.2 Å². The molecule has 3 N–H and O–H groups in total. The van der Waals surface area contributed by atoms with Gasteiger partial charge < -0.3 is 15.1 Å². The molecule has 1 saturated heterocycles. The van der Waals surface area contributed by atoms with Gasteiger partial charge in [0, 0.05) is 31.7 Å². The van der Waals surface area contributed by atoms with Crippen LogP contribution in [0.5, 0.6) is 0 Å². The fourth-order valence-electron chi connectivity index (χ4n) is 2.63. The number of ether oxygens (including phenoxy) is 1. The van der Waals surface area contributed by atoms with Crippen LogP contribution in [0.1, 0.15) is 38.1 Å². The Hall–Kier alpha value is -1.40. The molecule has 1 aromatic rings. The summed E-state index contributed by atoms with van der Waals surface area (Å²) in [5, 5.41) is 0. The predicted molar refractivity (Wildman–Crippen MR) is 80.8 cm³/mol. The lowest BCUT2D eigenvalue weighted by Gasteiger charge is -2.33. The van der Waals surface area contributed by atoms with Crippen molar-refractivity contribution in [1.82, 2.24) is 9.97 Å². The van der Waals surface area contributed by atoms with E-state index in [0.29, 0.717) is 6.10 Å². The topological polar surface area (TPSA) is 76.3 Å². The number of piperidine rings is 1. The number of nitrogens with zero attached hydrogens (tertiary/aromatic N) is 3. The van der Waals surface area contributed by atoms with E-state index < -0.39 is 0 Å². The Morgan fingerprint density at radius 3 is 2.55 bits per heavy atom. The molecule has 1 aliphatic rings. The minimum atomic E-state index is 0.385. The van der Waals surface area contributed by atoms with Crippen LogP contribution in [0.15, 0.2) is 0 Å². The second-order valence-corrected chi connectivity index (χ2v) is 5.08. The van der Waals surface area contributed by atoms with Crippen LogP contribution in [0.3, 0.4) is 0 Å². The zero-order chi connectivity index (χ0) is 14.5. The summed E-state index contributed by atoms with van der Waals surface area (Å²) in [5.74, 6) is 8.10. The number of aromatic nitrogens is 2. The largest absolute Gasteiger partial charge is 0.378 e. The third-order valence-electron chi connectivity index (χ3n) is 3.76. The molecule has 2 rings (SSSR count). The van der Waals surface area contributed by atoms with E-state index in [1.54, 1.807) is 0 Å². The lowest BCUT2D eigenvalue weighted by molar-refractivity contribution is 0.0458. The monoisotopic (exact) mass is 279 g/mol. The van der Waals surface area contributed by atoms with E-state index in [1.807, 2.05) is 13.8 Å². The molecule has 1 aromatic heterocycles. The Bertz CT molecular complexity index is 443. The van der Waals surface area contributed by atoms with E-state index >= 15 is 0 Å². The molecule has 112 valence electrons. The molecule has 0 aliphatic carbocycles. The molecule has 2 heterocycles. The molecule has 6 heteroatoms. The van der Waals surface area contributed by atoms with Gasteiger partial charge in [-0.2, -0.15) is 0 Å². The number of hydrogen-bond acceptors (Lipinski definition) is 6. The molecule has 1 fully saturated rings. The summed E-state index contributed by atoms with van der Waals surface area (Å²) in [6.45, 7) is 8.84. The lowest BCUT2D eigenvalue weighted by Crippen LogP contribution is -2.38. The van der Waals surface area contributed by atoms with Crippen molar-refractivity contribution in [2.75, 3.05) is 30.0 Å². The molecule has 0 spiro atoms. The van der Waals surface area contributed by atoms with Gasteiger partial charge in [-0.25, -0.2) is 15.8 Å². The summed E-state index contributed by atoms with van der Waals surface area (Å²) < 4.78 is 5.70. The van der Waals surface area contributed by atoms with Crippen molar-refractivity contribution in [2.45, 2.75) is 46.1 Å². The third kappa shape index (κ3) is 3.19. The van der Waals surface area contributed by atoms with Gasteiger partial charge in [-0.3, -0.25) is 0 Å². The summed E-state index contributed by atoms with van der Waals surface area (Å²) in [6, 6.07) is 0. The second-order valence-electron chi connectivity index (χ2n) is 5.08. The van der Waals surface area contributed by atoms with Crippen molar-refractivity contribution in [3.63, 3.8) is 0 Å². The van der Waals surface area contributed by atoms with Crippen molar-refractivity contribution in [2.24, 2.45) is 5.84 Å². The highest BCUT2D eigenvalue weighted by Crippen LogP contribution is 2.26. The van der Waals surface area contributed by atoms with Gasteiger partial charge in [0.15, 0.2) is 0 Å². The van der Waals surface area contributed by atoms with Crippen LogP contribution in [0.25, 0.3) is 0 Å². The summed E-state index contributed by atoms with van der Waals surface area (Å²) in [6.07, 6.45) is 3.28. The summed E-state index contributed by atoms with van der Waals surface area (Å²) in [5.41, 5.74) is 3.69. The number of hydrazine groups is 1. The highest BCUT2D eigenvalue weighted by Gasteiger charge is 2.23. The van der Waals surface area contributed by atoms with Gasteiger partial charge in [-0.05, 0) is 26.7 Å². The third-order valence-corrected chi connectivity index (χ3v) is 3.76. The molecule has 0 unspecified atom stereocenters. The molecule has 0 amide bonds.